The van der Waals surface area contributed by atoms with Crippen LogP contribution >= 0.6 is 0 Å². The molecular weight excluding hydrogens is 342 g/mol. The summed E-state index contributed by atoms with van der Waals surface area (Å²) in [6.45, 7) is 5.62. The van der Waals surface area contributed by atoms with E-state index < -0.39 is 0 Å². The lowest BCUT2D eigenvalue weighted by Crippen LogP contribution is -2.47. The molecule has 0 saturated carbocycles. The number of aromatic nitrogens is 2. The van der Waals surface area contributed by atoms with E-state index in [1.165, 1.54) is 0 Å². The summed E-state index contributed by atoms with van der Waals surface area (Å²) in [5, 5.41) is 6.16. The van der Waals surface area contributed by atoms with Crippen molar-refractivity contribution in [3.63, 3.8) is 0 Å². The Morgan fingerprint density at radius 1 is 1.19 bits per heavy atom. The van der Waals surface area contributed by atoms with E-state index in [1.807, 2.05) is 49.1 Å². The predicted octanol–water partition coefficient (Wildman–Crippen LogP) is 3.03. The van der Waals surface area contributed by atoms with Gasteiger partial charge in [-0.3, -0.25) is 4.79 Å². The maximum Gasteiger partial charge on any atom is 0.298 e. The SMILES string of the molecule is Cc1ccnc(Nc2cc(-c3cnc(N4CCNC(=O)C4)o3)ccc2C)c1. The standard InChI is InChI=1S/C20H21N5O2/c1-13-5-6-21-18(9-13)24-16-10-15(4-3-14(16)2)17-11-23-20(27-17)25-8-7-22-19(26)12-25/h3-6,9-11H,7-8,12H2,1-2H3,(H,21,24)(H,22,26). The van der Waals surface area contributed by atoms with Crippen LogP contribution in [-0.4, -0.2) is 35.5 Å². The summed E-state index contributed by atoms with van der Waals surface area (Å²) in [6, 6.07) is 10.5. The Kier molecular flexibility index (Phi) is 4.50. The quantitative estimate of drug-likeness (QED) is 0.741. The molecule has 138 valence electrons. The summed E-state index contributed by atoms with van der Waals surface area (Å²) >= 11 is 0. The van der Waals surface area contributed by atoms with E-state index in [2.05, 4.69) is 20.6 Å². The van der Waals surface area contributed by atoms with E-state index in [-0.39, 0.29) is 12.5 Å². The third-order valence-corrected chi connectivity index (χ3v) is 4.50. The maximum atomic E-state index is 11.6. The van der Waals surface area contributed by atoms with Crippen LogP contribution in [0.2, 0.25) is 0 Å². The first-order valence-electron chi connectivity index (χ1n) is 8.87. The van der Waals surface area contributed by atoms with Crippen LogP contribution in [0.15, 0.2) is 47.1 Å². The molecular formula is C20H21N5O2. The van der Waals surface area contributed by atoms with Gasteiger partial charge in [0.25, 0.3) is 6.01 Å². The van der Waals surface area contributed by atoms with Crippen molar-refractivity contribution in [2.45, 2.75) is 13.8 Å². The number of rotatable bonds is 4. The highest BCUT2D eigenvalue weighted by Crippen LogP contribution is 2.29. The molecule has 0 radical (unpaired) electrons. The zero-order valence-electron chi connectivity index (χ0n) is 15.3. The lowest BCUT2D eigenvalue weighted by Gasteiger charge is -2.24. The number of oxazole rings is 1. The fraction of sp³-hybridized carbons (Fsp3) is 0.250. The molecule has 1 aliphatic heterocycles. The Hall–Kier alpha value is -3.35. The smallest absolute Gasteiger partial charge is 0.298 e. The summed E-state index contributed by atoms with van der Waals surface area (Å²) in [7, 11) is 0. The first kappa shape index (κ1) is 17.1. The number of hydrogen-bond donors (Lipinski definition) is 2. The minimum absolute atomic E-state index is 0.0199. The van der Waals surface area contributed by atoms with Crippen molar-refractivity contribution in [1.82, 2.24) is 15.3 Å². The summed E-state index contributed by atoms with van der Waals surface area (Å²) in [4.78, 5) is 22.1. The topological polar surface area (TPSA) is 83.3 Å². The molecule has 27 heavy (non-hydrogen) atoms. The fourth-order valence-corrected chi connectivity index (χ4v) is 3.00. The van der Waals surface area contributed by atoms with Crippen molar-refractivity contribution in [3.05, 3.63) is 53.9 Å². The van der Waals surface area contributed by atoms with Gasteiger partial charge in [-0.2, -0.15) is 0 Å². The number of anilines is 3. The van der Waals surface area contributed by atoms with E-state index in [0.717, 1.165) is 28.2 Å². The van der Waals surface area contributed by atoms with Gasteiger partial charge in [0.1, 0.15) is 12.4 Å². The largest absolute Gasteiger partial charge is 0.423 e. The fourth-order valence-electron chi connectivity index (χ4n) is 3.00. The van der Waals surface area contributed by atoms with Crippen LogP contribution < -0.4 is 15.5 Å². The average molecular weight is 363 g/mol. The molecule has 0 spiro atoms. The number of piperazine rings is 1. The number of aryl methyl sites for hydroxylation is 2. The zero-order valence-corrected chi connectivity index (χ0v) is 15.3. The molecule has 2 N–H and O–H groups in total. The normalized spacial score (nSPS) is 14.1. The molecule has 3 aromatic rings. The Morgan fingerprint density at radius 2 is 2.07 bits per heavy atom. The number of nitrogens with one attached hydrogen (secondary N) is 2. The van der Waals surface area contributed by atoms with Gasteiger partial charge in [0, 0.05) is 30.5 Å². The lowest BCUT2D eigenvalue weighted by molar-refractivity contribution is -0.120. The molecule has 0 bridgehead atoms. The second-order valence-electron chi connectivity index (χ2n) is 6.65. The molecule has 7 nitrogen and oxygen atoms in total. The van der Waals surface area contributed by atoms with Crippen LogP contribution in [0.1, 0.15) is 11.1 Å². The van der Waals surface area contributed by atoms with E-state index >= 15 is 0 Å². The second kappa shape index (κ2) is 7.11. The first-order chi connectivity index (χ1) is 13.1. The molecule has 0 unspecified atom stereocenters. The van der Waals surface area contributed by atoms with Crippen LogP contribution in [-0.2, 0) is 4.79 Å². The molecule has 1 aliphatic rings. The molecule has 0 atom stereocenters. The summed E-state index contributed by atoms with van der Waals surface area (Å²) in [5.74, 6) is 1.44. The number of carbonyl (C=O) groups excluding carboxylic acids is 1. The maximum absolute atomic E-state index is 11.6. The van der Waals surface area contributed by atoms with E-state index in [1.54, 1.807) is 12.4 Å². The number of hydrogen-bond acceptors (Lipinski definition) is 6. The number of nitrogens with zero attached hydrogens (tertiary/aromatic N) is 3. The van der Waals surface area contributed by atoms with Crippen molar-refractivity contribution in [2.24, 2.45) is 0 Å². The Bertz CT molecular complexity index is 982. The minimum atomic E-state index is -0.0199. The Balaban J connectivity index is 1.58. The minimum Gasteiger partial charge on any atom is -0.423 e. The van der Waals surface area contributed by atoms with Crippen molar-refractivity contribution >= 4 is 23.4 Å². The van der Waals surface area contributed by atoms with Gasteiger partial charge in [-0.25, -0.2) is 9.97 Å². The molecule has 1 amide bonds. The van der Waals surface area contributed by atoms with E-state index in [9.17, 15) is 4.79 Å². The van der Waals surface area contributed by atoms with Crippen molar-refractivity contribution < 1.29 is 9.21 Å². The highest BCUT2D eigenvalue weighted by molar-refractivity contribution is 5.82. The number of pyridine rings is 1. The monoisotopic (exact) mass is 363 g/mol. The summed E-state index contributed by atoms with van der Waals surface area (Å²) < 4.78 is 5.91. The Labute approximate surface area is 157 Å². The van der Waals surface area contributed by atoms with Crippen LogP contribution in [0.5, 0.6) is 0 Å². The first-order valence-corrected chi connectivity index (χ1v) is 8.87. The van der Waals surface area contributed by atoms with Crippen molar-refractivity contribution in [3.8, 4) is 11.3 Å². The van der Waals surface area contributed by atoms with Crippen molar-refractivity contribution in [2.75, 3.05) is 29.9 Å². The summed E-state index contributed by atoms with van der Waals surface area (Å²) in [5.41, 5.74) is 4.12. The zero-order chi connectivity index (χ0) is 18.8. The summed E-state index contributed by atoms with van der Waals surface area (Å²) in [6.07, 6.45) is 3.48. The molecule has 7 heteroatoms. The third kappa shape index (κ3) is 3.76. The molecule has 1 saturated heterocycles. The number of amides is 1. The molecule has 1 fully saturated rings. The van der Waals surface area contributed by atoms with Crippen LogP contribution in [0.4, 0.5) is 17.5 Å². The molecule has 3 heterocycles. The number of benzene rings is 1. The van der Waals surface area contributed by atoms with Gasteiger partial charge in [-0.05, 0) is 43.2 Å². The highest BCUT2D eigenvalue weighted by atomic mass is 16.4. The van der Waals surface area contributed by atoms with Gasteiger partial charge in [-0.1, -0.05) is 12.1 Å². The van der Waals surface area contributed by atoms with Gasteiger partial charge in [-0.15, -0.1) is 0 Å². The van der Waals surface area contributed by atoms with Crippen LogP contribution in [0, 0.1) is 13.8 Å². The third-order valence-electron chi connectivity index (χ3n) is 4.50. The second-order valence-corrected chi connectivity index (χ2v) is 6.65. The van der Waals surface area contributed by atoms with Crippen LogP contribution in [0.3, 0.4) is 0 Å². The van der Waals surface area contributed by atoms with E-state index in [0.29, 0.717) is 24.9 Å². The molecule has 0 aliphatic carbocycles. The predicted molar refractivity (Wildman–Crippen MR) is 104 cm³/mol. The Morgan fingerprint density at radius 3 is 2.89 bits per heavy atom. The van der Waals surface area contributed by atoms with Gasteiger partial charge in [0.2, 0.25) is 5.91 Å². The van der Waals surface area contributed by atoms with Gasteiger partial charge < -0.3 is 20.0 Å². The van der Waals surface area contributed by atoms with E-state index in [4.69, 9.17) is 4.42 Å². The van der Waals surface area contributed by atoms with Crippen molar-refractivity contribution in [1.29, 1.82) is 0 Å². The van der Waals surface area contributed by atoms with Gasteiger partial charge >= 0.3 is 0 Å². The molecule has 4 rings (SSSR count). The number of carbonyl (C=O) groups is 1. The van der Waals surface area contributed by atoms with Gasteiger partial charge in [0.05, 0.1) is 6.20 Å². The van der Waals surface area contributed by atoms with Gasteiger partial charge in [0.15, 0.2) is 5.76 Å². The highest BCUT2D eigenvalue weighted by Gasteiger charge is 2.21. The van der Waals surface area contributed by atoms with Crippen LogP contribution in [0.25, 0.3) is 11.3 Å². The average Bonchev–Trinajstić information content (AvgIpc) is 3.14. The lowest BCUT2D eigenvalue weighted by atomic mass is 10.1. The molecule has 1 aromatic carbocycles. The molecule has 2 aromatic heterocycles.